The Morgan fingerprint density at radius 3 is 2.63 bits per heavy atom. The molecule has 0 radical (unpaired) electrons. The van der Waals surface area contributed by atoms with Crippen LogP contribution < -0.4 is 4.90 Å². The topological polar surface area (TPSA) is 102 Å². The average molecular weight is 268 g/mol. The zero-order chi connectivity index (χ0) is 14.3. The first-order valence-corrected chi connectivity index (χ1v) is 5.98. The van der Waals surface area contributed by atoms with Crippen LogP contribution in [0.2, 0.25) is 0 Å². The molecular formula is C11H16N4O4. The molecule has 0 saturated carbocycles. The lowest BCUT2D eigenvalue weighted by atomic mass is 9.87. The normalized spacial score (nSPS) is 17.1. The molecule has 2 heterocycles. The molecule has 1 atom stereocenters. The van der Waals surface area contributed by atoms with Gasteiger partial charge in [0.1, 0.15) is 0 Å². The molecule has 1 aliphatic rings. The number of nitro groups is 1. The highest BCUT2D eigenvalue weighted by molar-refractivity contribution is 5.71. The molecule has 104 valence electrons. The lowest BCUT2D eigenvalue weighted by Gasteiger charge is -2.41. The van der Waals surface area contributed by atoms with Crippen molar-refractivity contribution in [1.82, 2.24) is 9.55 Å². The van der Waals surface area contributed by atoms with Crippen LogP contribution in [0.3, 0.4) is 0 Å². The molecule has 0 aromatic carbocycles. The quantitative estimate of drug-likeness (QED) is 0.640. The van der Waals surface area contributed by atoms with Gasteiger partial charge in [0, 0.05) is 33.0 Å². The van der Waals surface area contributed by atoms with Gasteiger partial charge in [0.15, 0.2) is 0 Å². The minimum Gasteiger partial charge on any atom is -0.481 e. The van der Waals surface area contributed by atoms with Gasteiger partial charge in [-0.15, -0.1) is 0 Å². The van der Waals surface area contributed by atoms with Crippen LogP contribution in [0.5, 0.6) is 0 Å². The van der Waals surface area contributed by atoms with Gasteiger partial charge >= 0.3 is 11.8 Å². The van der Waals surface area contributed by atoms with Crippen LogP contribution in [-0.4, -0.2) is 38.6 Å². The van der Waals surface area contributed by atoms with Gasteiger partial charge in [-0.2, -0.15) is 0 Å². The lowest BCUT2D eigenvalue weighted by Crippen LogP contribution is -2.51. The minimum absolute atomic E-state index is 0.0207. The number of hydrogen-bond donors (Lipinski definition) is 1. The Balaban J connectivity index is 2.18. The number of imidazole rings is 1. The van der Waals surface area contributed by atoms with Gasteiger partial charge in [-0.05, 0) is 9.91 Å². The molecule has 1 aliphatic heterocycles. The van der Waals surface area contributed by atoms with Crippen molar-refractivity contribution < 1.29 is 14.8 Å². The van der Waals surface area contributed by atoms with E-state index in [1.165, 1.54) is 0 Å². The first-order valence-electron chi connectivity index (χ1n) is 5.98. The fourth-order valence-electron chi connectivity index (χ4n) is 2.26. The van der Waals surface area contributed by atoms with Crippen molar-refractivity contribution in [2.45, 2.75) is 13.8 Å². The lowest BCUT2D eigenvalue weighted by molar-refractivity contribution is -0.388. The van der Waals surface area contributed by atoms with Crippen LogP contribution in [-0.2, 0) is 11.8 Å². The maximum atomic E-state index is 11.0. The summed E-state index contributed by atoms with van der Waals surface area (Å²) in [6, 6.07) is 0. The number of carboxylic acids is 1. The molecule has 1 aromatic heterocycles. The summed E-state index contributed by atoms with van der Waals surface area (Å²) in [5.41, 5.74) is 0. The molecule has 0 amide bonds. The van der Waals surface area contributed by atoms with Crippen molar-refractivity contribution in [2.24, 2.45) is 18.9 Å². The Morgan fingerprint density at radius 2 is 2.16 bits per heavy atom. The number of nitrogens with zero attached hydrogens (tertiary/aromatic N) is 4. The SMILES string of the molecule is Cc1nc([N+](=O)[O-])c(N2CC(C(C)C(=O)O)C2)n1C. The average Bonchev–Trinajstić information content (AvgIpc) is 2.55. The van der Waals surface area contributed by atoms with Crippen molar-refractivity contribution in [3.63, 3.8) is 0 Å². The third kappa shape index (κ3) is 2.13. The highest BCUT2D eigenvalue weighted by Crippen LogP contribution is 2.35. The Labute approximate surface area is 109 Å². The molecule has 0 aliphatic carbocycles. The van der Waals surface area contributed by atoms with Crippen molar-refractivity contribution in [3.05, 3.63) is 15.9 Å². The summed E-state index contributed by atoms with van der Waals surface area (Å²) in [7, 11) is 1.72. The van der Waals surface area contributed by atoms with Gasteiger partial charge < -0.3 is 20.1 Å². The summed E-state index contributed by atoms with van der Waals surface area (Å²) < 4.78 is 1.67. The Hall–Kier alpha value is -2.12. The number of carbonyl (C=O) groups is 1. The molecule has 1 aromatic rings. The van der Waals surface area contributed by atoms with Crippen LogP contribution in [0, 0.1) is 28.9 Å². The van der Waals surface area contributed by atoms with E-state index in [-0.39, 0.29) is 11.7 Å². The van der Waals surface area contributed by atoms with Gasteiger partial charge in [0.25, 0.3) is 0 Å². The van der Waals surface area contributed by atoms with Crippen molar-refractivity contribution in [2.75, 3.05) is 18.0 Å². The van der Waals surface area contributed by atoms with Crippen molar-refractivity contribution >= 4 is 17.6 Å². The number of aromatic nitrogens is 2. The molecule has 1 saturated heterocycles. The Bertz CT molecular complexity index is 533. The van der Waals surface area contributed by atoms with E-state index in [0.717, 1.165) is 0 Å². The molecule has 2 rings (SSSR count). The summed E-state index contributed by atoms with van der Waals surface area (Å²) in [6.07, 6.45) is 0. The molecule has 8 nitrogen and oxygen atoms in total. The second kappa shape index (κ2) is 4.52. The highest BCUT2D eigenvalue weighted by atomic mass is 16.6. The predicted octanol–water partition coefficient (Wildman–Crippen LogP) is 0.794. The third-order valence-corrected chi connectivity index (χ3v) is 3.75. The predicted molar refractivity (Wildman–Crippen MR) is 67.1 cm³/mol. The van der Waals surface area contributed by atoms with Crippen LogP contribution in [0.1, 0.15) is 12.7 Å². The monoisotopic (exact) mass is 268 g/mol. The number of hydrogen-bond acceptors (Lipinski definition) is 5. The van der Waals surface area contributed by atoms with Crippen LogP contribution in [0.15, 0.2) is 0 Å². The largest absolute Gasteiger partial charge is 0.481 e. The highest BCUT2D eigenvalue weighted by Gasteiger charge is 2.40. The standard InChI is InChI=1S/C11H16N4O4/c1-6(11(16)17)8-4-14(5-8)10-9(15(18)19)12-7(2)13(10)3/h6,8H,4-5H2,1-3H3,(H,16,17). The molecule has 8 heteroatoms. The first kappa shape index (κ1) is 13.3. The van der Waals surface area contributed by atoms with Gasteiger partial charge in [-0.1, -0.05) is 6.92 Å². The maximum absolute atomic E-state index is 11.0. The third-order valence-electron chi connectivity index (χ3n) is 3.75. The smallest absolute Gasteiger partial charge is 0.406 e. The van der Waals surface area contributed by atoms with E-state index in [2.05, 4.69) is 4.98 Å². The van der Waals surface area contributed by atoms with E-state index in [1.54, 1.807) is 25.5 Å². The number of rotatable bonds is 4. The molecular weight excluding hydrogens is 252 g/mol. The van der Waals surface area contributed by atoms with E-state index in [1.807, 2.05) is 4.90 Å². The van der Waals surface area contributed by atoms with E-state index in [9.17, 15) is 14.9 Å². The molecule has 0 bridgehead atoms. The number of aryl methyl sites for hydroxylation is 1. The van der Waals surface area contributed by atoms with Gasteiger partial charge in [-0.25, -0.2) is 0 Å². The van der Waals surface area contributed by atoms with E-state index >= 15 is 0 Å². The maximum Gasteiger partial charge on any atom is 0.406 e. The second-order valence-electron chi connectivity index (χ2n) is 4.91. The van der Waals surface area contributed by atoms with Crippen LogP contribution in [0.4, 0.5) is 11.6 Å². The second-order valence-corrected chi connectivity index (χ2v) is 4.91. The minimum atomic E-state index is -0.833. The fourth-order valence-corrected chi connectivity index (χ4v) is 2.26. The van der Waals surface area contributed by atoms with E-state index in [4.69, 9.17) is 5.11 Å². The summed E-state index contributed by atoms with van der Waals surface area (Å²) in [6.45, 7) is 4.38. The summed E-state index contributed by atoms with van der Waals surface area (Å²) in [5, 5.41) is 19.9. The summed E-state index contributed by atoms with van der Waals surface area (Å²) in [5.74, 6) is -0.397. The summed E-state index contributed by atoms with van der Waals surface area (Å²) in [4.78, 5) is 27.1. The van der Waals surface area contributed by atoms with Gasteiger partial charge in [-0.3, -0.25) is 9.36 Å². The van der Waals surface area contributed by atoms with Crippen LogP contribution in [0.25, 0.3) is 0 Å². The van der Waals surface area contributed by atoms with E-state index in [0.29, 0.717) is 24.7 Å². The molecule has 1 fully saturated rings. The van der Waals surface area contributed by atoms with E-state index < -0.39 is 16.8 Å². The van der Waals surface area contributed by atoms with Gasteiger partial charge in [0.2, 0.25) is 11.6 Å². The van der Waals surface area contributed by atoms with Crippen molar-refractivity contribution in [1.29, 1.82) is 0 Å². The summed E-state index contributed by atoms with van der Waals surface area (Å²) >= 11 is 0. The van der Waals surface area contributed by atoms with Gasteiger partial charge in [0.05, 0.1) is 5.92 Å². The van der Waals surface area contributed by atoms with Crippen LogP contribution >= 0.6 is 0 Å². The Kier molecular flexibility index (Phi) is 3.17. The molecule has 1 unspecified atom stereocenters. The number of carboxylic acid groups (broad SMARTS) is 1. The zero-order valence-electron chi connectivity index (χ0n) is 11.0. The first-order chi connectivity index (χ1) is 8.82. The molecule has 0 spiro atoms. The number of aliphatic carboxylic acids is 1. The Morgan fingerprint density at radius 1 is 1.58 bits per heavy atom. The zero-order valence-corrected chi connectivity index (χ0v) is 11.0. The van der Waals surface area contributed by atoms with Crippen molar-refractivity contribution in [3.8, 4) is 0 Å². The molecule has 19 heavy (non-hydrogen) atoms. The molecule has 1 N–H and O–H groups in total. The fraction of sp³-hybridized carbons (Fsp3) is 0.636. The number of anilines is 1.